The van der Waals surface area contributed by atoms with Crippen LogP contribution in [0.2, 0.25) is 0 Å². The maximum absolute atomic E-state index is 13.9. The third-order valence-electron chi connectivity index (χ3n) is 6.02. The summed E-state index contributed by atoms with van der Waals surface area (Å²) in [6.07, 6.45) is 3.17. The second-order valence-electron chi connectivity index (χ2n) is 7.57. The van der Waals surface area contributed by atoms with Crippen LogP contribution < -0.4 is 0 Å². The van der Waals surface area contributed by atoms with Gasteiger partial charge < -0.3 is 10.0 Å². The zero-order valence-electron chi connectivity index (χ0n) is 15.0. The molecule has 1 fully saturated rings. The average molecular weight is 367 g/mol. The summed E-state index contributed by atoms with van der Waals surface area (Å²) in [5.74, 6) is -2.08. The minimum Gasteiger partial charge on any atom is -0.481 e. The summed E-state index contributed by atoms with van der Waals surface area (Å²) in [6.45, 7) is 0.554. The summed E-state index contributed by atoms with van der Waals surface area (Å²) in [5, 5.41) is 9.68. The van der Waals surface area contributed by atoms with Crippen LogP contribution in [0.1, 0.15) is 48.3 Å². The molecule has 1 aliphatic carbocycles. The normalized spacial score (nSPS) is 20.9. The molecule has 27 heavy (non-hydrogen) atoms. The molecule has 2 aromatic carbocycles. The topological polar surface area (TPSA) is 57.6 Å². The standard InChI is InChI=1S/C22H22FNO3/c23-17-8-5-7-16(12-17)22(10-3-4-11-22)21(27)24-13-15-6-1-2-9-18(15)19(14-24)20(25)26/h1-2,5-9,12,19H,3-4,10-11,13-14H2,(H,25,26). The molecule has 2 aromatic rings. The van der Waals surface area contributed by atoms with E-state index in [1.165, 1.54) is 12.1 Å². The molecule has 0 bridgehead atoms. The zero-order valence-corrected chi connectivity index (χ0v) is 15.0. The smallest absolute Gasteiger partial charge is 0.312 e. The van der Waals surface area contributed by atoms with Gasteiger partial charge in [0, 0.05) is 13.1 Å². The molecule has 2 aliphatic rings. The third kappa shape index (κ3) is 3.01. The molecule has 140 valence electrons. The monoisotopic (exact) mass is 367 g/mol. The number of halogens is 1. The van der Waals surface area contributed by atoms with E-state index in [0.29, 0.717) is 24.9 Å². The Hall–Kier alpha value is -2.69. The molecule has 4 nitrogen and oxygen atoms in total. The predicted octanol–water partition coefficient (Wildman–Crippen LogP) is 3.85. The van der Waals surface area contributed by atoms with Crippen molar-refractivity contribution in [3.05, 3.63) is 71.0 Å². The fourth-order valence-corrected chi connectivity index (χ4v) is 4.67. The first-order valence-corrected chi connectivity index (χ1v) is 9.37. The molecule has 1 N–H and O–H groups in total. The number of fused-ring (bicyclic) bond motifs is 1. The summed E-state index contributed by atoms with van der Waals surface area (Å²) in [4.78, 5) is 27.1. The van der Waals surface area contributed by atoms with Crippen molar-refractivity contribution < 1.29 is 19.1 Å². The van der Waals surface area contributed by atoms with Crippen molar-refractivity contribution in [1.82, 2.24) is 4.90 Å². The van der Waals surface area contributed by atoms with Gasteiger partial charge in [-0.2, -0.15) is 0 Å². The maximum atomic E-state index is 13.9. The van der Waals surface area contributed by atoms with Crippen molar-refractivity contribution in [3.8, 4) is 0 Å². The highest BCUT2D eigenvalue weighted by molar-refractivity contribution is 5.90. The van der Waals surface area contributed by atoms with Crippen LogP contribution in [0.4, 0.5) is 4.39 Å². The SMILES string of the molecule is O=C(O)C1CN(C(=O)C2(c3cccc(F)c3)CCCC2)Cc2ccccc21. The van der Waals surface area contributed by atoms with E-state index in [1.807, 2.05) is 30.3 Å². The summed E-state index contributed by atoms with van der Waals surface area (Å²) >= 11 is 0. The average Bonchev–Trinajstić information content (AvgIpc) is 3.17. The molecular weight excluding hydrogens is 345 g/mol. The van der Waals surface area contributed by atoms with E-state index in [0.717, 1.165) is 24.0 Å². The van der Waals surface area contributed by atoms with Crippen molar-refractivity contribution in [3.63, 3.8) is 0 Å². The molecule has 1 saturated carbocycles. The van der Waals surface area contributed by atoms with Gasteiger partial charge in [-0.15, -0.1) is 0 Å². The minimum absolute atomic E-state index is 0.0775. The van der Waals surface area contributed by atoms with Crippen molar-refractivity contribution in [2.75, 3.05) is 6.54 Å². The van der Waals surface area contributed by atoms with Crippen LogP contribution >= 0.6 is 0 Å². The van der Waals surface area contributed by atoms with Gasteiger partial charge in [-0.1, -0.05) is 49.2 Å². The first-order chi connectivity index (χ1) is 13.0. The number of rotatable bonds is 3. The van der Waals surface area contributed by atoms with Crippen LogP contribution in [0.15, 0.2) is 48.5 Å². The highest BCUT2D eigenvalue weighted by Crippen LogP contribution is 2.44. The Morgan fingerprint density at radius 1 is 1.07 bits per heavy atom. The lowest BCUT2D eigenvalue weighted by Crippen LogP contribution is -2.49. The van der Waals surface area contributed by atoms with Crippen LogP contribution in [0, 0.1) is 5.82 Å². The first kappa shape index (κ1) is 17.7. The third-order valence-corrected chi connectivity index (χ3v) is 6.02. The van der Waals surface area contributed by atoms with Gasteiger partial charge in [0.05, 0.1) is 11.3 Å². The van der Waals surface area contributed by atoms with Crippen LogP contribution in [0.25, 0.3) is 0 Å². The molecule has 1 amide bonds. The van der Waals surface area contributed by atoms with Gasteiger partial charge in [0.2, 0.25) is 5.91 Å². The van der Waals surface area contributed by atoms with Crippen molar-refractivity contribution in [2.45, 2.75) is 43.6 Å². The molecule has 1 heterocycles. The van der Waals surface area contributed by atoms with Crippen LogP contribution in [-0.2, 0) is 21.5 Å². The molecule has 1 unspecified atom stereocenters. The number of carboxylic acids is 1. The van der Waals surface area contributed by atoms with Gasteiger partial charge in [0.25, 0.3) is 0 Å². The fourth-order valence-electron chi connectivity index (χ4n) is 4.67. The molecule has 0 saturated heterocycles. The number of carbonyl (C=O) groups is 2. The van der Waals surface area contributed by atoms with Gasteiger partial charge >= 0.3 is 5.97 Å². The second kappa shape index (κ2) is 6.80. The number of hydrogen-bond donors (Lipinski definition) is 1. The van der Waals surface area contributed by atoms with Crippen LogP contribution in [0.3, 0.4) is 0 Å². The Bertz CT molecular complexity index is 889. The van der Waals surface area contributed by atoms with E-state index in [-0.39, 0.29) is 18.3 Å². The van der Waals surface area contributed by atoms with Gasteiger partial charge in [-0.25, -0.2) is 4.39 Å². The van der Waals surface area contributed by atoms with E-state index in [4.69, 9.17) is 0 Å². The molecule has 0 aromatic heterocycles. The van der Waals surface area contributed by atoms with Crippen LogP contribution in [-0.4, -0.2) is 28.4 Å². The predicted molar refractivity (Wildman–Crippen MR) is 98.8 cm³/mol. The number of carbonyl (C=O) groups excluding carboxylic acids is 1. The van der Waals surface area contributed by atoms with Crippen molar-refractivity contribution >= 4 is 11.9 Å². The van der Waals surface area contributed by atoms with E-state index in [2.05, 4.69) is 0 Å². The molecular formula is C22H22FNO3. The lowest BCUT2D eigenvalue weighted by atomic mass is 9.76. The van der Waals surface area contributed by atoms with Crippen LogP contribution in [0.5, 0.6) is 0 Å². The highest BCUT2D eigenvalue weighted by atomic mass is 19.1. The van der Waals surface area contributed by atoms with E-state index in [9.17, 15) is 19.1 Å². The summed E-state index contributed by atoms with van der Waals surface area (Å²) in [7, 11) is 0. The number of amides is 1. The van der Waals surface area contributed by atoms with Gasteiger partial charge in [-0.3, -0.25) is 9.59 Å². The van der Waals surface area contributed by atoms with Gasteiger partial charge in [0.1, 0.15) is 5.82 Å². The Balaban J connectivity index is 1.72. The Morgan fingerprint density at radius 2 is 1.81 bits per heavy atom. The molecule has 0 radical (unpaired) electrons. The number of benzene rings is 2. The molecule has 5 heteroatoms. The fraction of sp³-hybridized carbons (Fsp3) is 0.364. The number of aliphatic carboxylic acids is 1. The lowest BCUT2D eigenvalue weighted by molar-refractivity contribution is -0.143. The lowest BCUT2D eigenvalue weighted by Gasteiger charge is -2.39. The number of carboxylic acid groups (broad SMARTS) is 1. The van der Waals surface area contributed by atoms with E-state index in [1.54, 1.807) is 11.0 Å². The molecule has 1 aliphatic heterocycles. The Kier molecular flexibility index (Phi) is 4.46. The highest BCUT2D eigenvalue weighted by Gasteiger charge is 2.46. The quantitative estimate of drug-likeness (QED) is 0.897. The Labute approximate surface area is 157 Å². The molecule has 0 spiro atoms. The van der Waals surface area contributed by atoms with Crippen molar-refractivity contribution in [2.24, 2.45) is 0 Å². The van der Waals surface area contributed by atoms with E-state index < -0.39 is 17.3 Å². The maximum Gasteiger partial charge on any atom is 0.312 e. The molecule has 1 atom stereocenters. The largest absolute Gasteiger partial charge is 0.481 e. The summed E-state index contributed by atoms with van der Waals surface area (Å²) in [5.41, 5.74) is 1.60. The Morgan fingerprint density at radius 3 is 2.52 bits per heavy atom. The van der Waals surface area contributed by atoms with Gasteiger partial charge in [0.15, 0.2) is 0 Å². The second-order valence-corrected chi connectivity index (χ2v) is 7.57. The zero-order chi connectivity index (χ0) is 19.0. The number of hydrogen-bond acceptors (Lipinski definition) is 2. The first-order valence-electron chi connectivity index (χ1n) is 9.37. The summed E-state index contributed by atoms with van der Waals surface area (Å²) < 4.78 is 13.9. The number of nitrogens with zero attached hydrogens (tertiary/aromatic N) is 1. The van der Waals surface area contributed by atoms with Gasteiger partial charge in [-0.05, 0) is 41.7 Å². The molecule has 4 rings (SSSR count). The van der Waals surface area contributed by atoms with Crippen molar-refractivity contribution in [1.29, 1.82) is 0 Å². The van der Waals surface area contributed by atoms with E-state index >= 15 is 0 Å². The minimum atomic E-state index is -0.925. The summed E-state index contributed by atoms with van der Waals surface area (Å²) in [6, 6.07) is 13.7.